The van der Waals surface area contributed by atoms with Gasteiger partial charge in [-0.2, -0.15) is 4.98 Å². The van der Waals surface area contributed by atoms with E-state index in [1.54, 1.807) is 0 Å². The number of rotatable bonds is 4. The van der Waals surface area contributed by atoms with Gasteiger partial charge in [0, 0.05) is 51.2 Å². The van der Waals surface area contributed by atoms with Gasteiger partial charge in [-0.3, -0.25) is 4.90 Å². The highest BCUT2D eigenvalue weighted by molar-refractivity contribution is 5.65. The van der Waals surface area contributed by atoms with Crippen molar-refractivity contribution in [1.82, 2.24) is 14.9 Å². The number of nitrogens with zero attached hydrogens (tertiary/aromatic N) is 5. The number of piperazine rings is 1. The van der Waals surface area contributed by atoms with Crippen molar-refractivity contribution in [2.24, 2.45) is 0 Å². The van der Waals surface area contributed by atoms with Gasteiger partial charge < -0.3 is 9.80 Å². The highest BCUT2D eigenvalue weighted by Crippen LogP contribution is 2.32. The summed E-state index contributed by atoms with van der Waals surface area (Å²) >= 11 is 0. The van der Waals surface area contributed by atoms with Crippen LogP contribution in [0.1, 0.15) is 17.5 Å². The third kappa shape index (κ3) is 3.96. The van der Waals surface area contributed by atoms with Crippen LogP contribution in [0.25, 0.3) is 0 Å². The molecule has 0 atom stereocenters. The molecule has 0 N–H and O–H groups in total. The predicted octanol–water partition coefficient (Wildman–Crippen LogP) is 3.88. The first-order chi connectivity index (χ1) is 14.4. The van der Waals surface area contributed by atoms with Crippen LogP contribution in [0.2, 0.25) is 0 Å². The normalized spacial score (nSPS) is 17.2. The summed E-state index contributed by atoms with van der Waals surface area (Å²) in [5.41, 5.74) is 4.08. The molecule has 1 aromatic heterocycles. The lowest BCUT2D eigenvalue weighted by atomic mass is 10.0. The van der Waals surface area contributed by atoms with E-state index in [1.807, 2.05) is 12.3 Å². The zero-order valence-electron chi connectivity index (χ0n) is 16.7. The molecular formula is C24H27N5. The highest BCUT2D eigenvalue weighted by atomic mass is 15.3. The summed E-state index contributed by atoms with van der Waals surface area (Å²) in [6.45, 7) is 6.03. The van der Waals surface area contributed by atoms with E-state index in [2.05, 4.69) is 74.3 Å². The maximum atomic E-state index is 4.95. The van der Waals surface area contributed by atoms with Crippen molar-refractivity contribution >= 4 is 17.5 Å². The van der Waals surface area contributed by atoms with Crippen LogP contribution < -0.4 is 9.80 Å². The van der Waals surface area contributed by atoms with Crippen LogP contribution in [-0.4, -0.2) is 47.6 Å². The molecule has 0 spiro atoms. The molecule has 148 valence electrons. The van der Waals surface area contributed by atoms with E-state index in [0.29, 0.717) is 0 Å². The maximum absolute atomic E-state index is 4.95. The minimum atomic E-state index is 0.852. The lowest BCUT2D eigenvalue weighted by Gasteiger charge is -2.35. The lowest BCUT2D eigenvalue weighted by molar-refractivity contribution is 0.248. The van der Waals surface area contributed by atoms with Crippen LogP contribution in [0.3, 0.4) is 0 Å². The van der Waals surface area contributed by atoms with Gasteiger partial charge in [0.25, 0.3) is 0 Å². The molecule has 0 amide bonds. The molecule has 0 aliphatic carbocycles. The molecule has 0 unspecified atom stereocenters. The van der Waals surface area contributed by atoms with Crippen LogP contribution >= 0.6 is 0 Å². The fourth-order valence-electron chi connectivity index (χ4n) is 4.36. The Hall–Kier alpha value is -2.92. The fraction of sp³-hybridized carbons (Fsp3) is 0.333. The zero-order valence-corrected chi connectivity index (χ0v) is 16.7. The van der Waals surface area contributed by atoms with Crippen LogP contribution in [0, 0.1) is 0 Å². The monoisotopic (exact) mass is 385 g/mol. The van der Waals surface area contributed by atoms with Gasteiger partial charge in [-0.05, 0) is 36.1 Å². The third-order valence-corrected chi connectivity index (χ3v) is 5.92. The molecule has 2 aromatic carbocycles. The molecule has 2 aliphatic heterocycles. The van der Waals surface area contributed by atoms with Gasteiger partial charge in [0.15, 0.2) is 0 Å². The number of aromatic nitrogens is 2. The zero-order chi connectivity index (χ0) is 19.5. The molecule has 3 heterocycles. The fourth-order valence-corrected chi connectivity index (χ4v) is 4.36. The number of para-hydroxylation sites is 1. The average molecular weight is 386 g/mol. The number of aryl methyl sites for hydroxylation is 1. The molecule has 0 bridgehead atoms. The maximum Gasteiger partial charge on any atom is 0.227 e. The standard InChI is InChI=1S/C24H27N5/c1-2-7-20(8-3-1)19-27-15-17-28(18-16-27)24-25-13-12-23(26-24)29-14-6-10-21-9-4-5-11-22(21)29/h1-5,7-9,11-13H,6,10,14-19H2. The van der Waals surface area contributed by atoms with Crippen molar-refractivity contribution in [3.8, 4) is 0 Å². The van der Waals surface area contributed by atoms with Crippen molar-refractivity contribution < 1.29 is 0 Å². The van der Waals surface area contributed by atoms with Gasteiger partial charge in [0.2, 0.25) is 5.95 Å². The van der Waals surface area contributed by atoms with E-state index < -0.39 is 0 Å². The SMILES string of the molecule is c1ccc(CN2CCN(c3nccc(N4CCCc5ccccc54)n3)CC2)cc1. The Balaban J connectivity index is 1.28. The molecule has 3 aromatic rings. The number of fused-ring (bicyclic) bond motifs is 1. The Kier molecular flexibility index (Phi) is 5.13. The van der Waals surface area contributed by atoms with Gasteiger partial charge in [0.1, 0.15) is 5.82 Å². The molecule has 2 aliphatic rings. The summed E-state index contributed by atoms with van der Waals surface area (Å²) in [7, 11) is 0. The van der Waals surface area contributed by atoms with Crippen molar-refractivity contribution in [3.63, 3.8) is 0 Å². The predicted molar refractivity (Wildman–Crippen MR) is 118 cm³/mol. The van der Waals surface area contributed by atoms with E-state index in [0.717, 1.165) is 63.9 Å². The molecular weight excluding hydrogens is 358 g/mol. The lowest BCUT2D eigenvalue weighted by Crippen LogP contribution is -2.46. The molecule has 0 radical (unpaired) electrons. The highest BCUT2D eigenvalue weighted by Gasteiger charge is 2.22. The van der Waals surface area contributed by atoms with Crippen LogP contribution in [-0.2, 0) is 13.0 Å². The average Bonchev–Trinajstić information content (AvgIpc) is 2.80. The second-order valence-corrected chi connectivity index (χ2v) is 7.85. The Morgan fingerprint density at radius 2 is 1.59 bits per heavy atom. The molecule has 5 nitrogen and oxygen atoms in total. The van der Waals surface area contributed by atoms with Crippen molar-refractivity contribution in [1.29, 1.82) is 0 Å². The van der Waals surface area contributed by atoms with Crippen LogP contribution in [0.15, 0.2) is 66.9 Å². The van der Waals surface area contributed by atoms with Crippen LogP contribution in [0.5, 0.6) is 0 Å². The topological polar surface area (TPSA) is 35.5 Å². The summed E-state index contributed by atoms with van der Waals surface area (Å²) in [5.74, 6) is 1.86. The molecule has 5 rings (SSSR count). The van der Waals surface area contributed by atoms with Gasteiger partial charge in [0.05, 0.1) is 0 Å². The van der Waals surface area contributed by atoms with Crippen molar-refractivity contribution in [2.75, 3.05) is 42.5 Å². The first kappa shape index (κ1) is 18.1. The smallest absolute Gasteiger partial charge is 0.227 e. The second-order valence-electron chi connectivity index (χ2n) is 7.85. The van der Waals surface area contributed by atoms with Crippen LogP contribution in [0.4, 0.5) is 17.5 Å². The summed E-state index contributed by atoms with van der Waals surface area (Å²) in [4.78, 5) is 16.7. The Morgan fingerprint density at radius 3 is 2.45 bits per heavy atom. The second kappa shape index (κ2) is 8.21. The van der Waals surface area contributed by atoms with E-state index in [-0.39, 0.29) is 0 Å². The summed E-state index contributed by atoms with van der Waals surface area (Å²) in [6.07, 6.45) is 4.22. The number of anilines is 3. The first-order valence-electron chi connectivity index (χ1n) is 10.6. The van der Waals surface area contributed by atoms with E-state index in [4.69, 9.17) is 4.98 Å². The van der Waals surface area contributed by atoms with Crippen molar-refractivity contribution in [2.45, 2.75) is 19.4 Å². The minimum absolute atomic E-state index is 0.852. The summed E-state index contributed by atoms with van der Waals surface area (Å²) in [5, 5.41) is 0. The summed E-state index contributed by atoms with van der Waals surface area (Å²) in [6, 6.07) is 21.4. The first-order valence-corrected chi connectivity index (χ1v) is 10.6. The van der Waals surface area contributed by atoms with Gasteiger partial charge in [-0.25, -0.2) is 4.98 Å². The summed E-state index contributed by atoms with van der Waals surface area (Å²) < 4.78 is 0. The quantitative estimate of drug-likeness (QED) is 0.681. The number of benzene rings is 2. The molecule has 5 heteroatoms. The van der Waals surface area contributed by atoms with E-state index in [1.165, 1.54) is 16.8 Å². The van der Waals surface area contributed by atoms with Gasteiger partial charge >= 0.3 is 0 Å². The number of hydrogen-bond donors (Lipinski definition) is 0. The Labute approximate surface area is 172 Å². The van der Waals surface area contributed by atoms with Crippen molar-refractivity contribution in [3.05, 3.63) is 78.0 Å². The molecule has 0 saturated carbocycles. The van der Waals surface area contributed by atoms with E-state index in [9.17, 15) is 0 Å². The number of hydrogen-bond acceptors (Lipinski definition) is 5. The van der Waals surface area contributed by atoms with Gasteiger partial charge in [-0.15, -0.1) is 0 Å². The Bertz CT molecular complexity index is 950. The Morgan fingerprint density at radius 1 is 0.793 bits per heavy atom. The molecule has 29 heavy (non-hydrogen) atoms. The van der Waals surface area contributed by atoms with Gasteiger partial charge in [-0.1, -0.05) is 48.5 Å². The largest absolute Gasteiger partial charge is 0.338 e. The van der Waals surface area contributed by atoms with E-state index >= 15 is 0 Å². The minimum Gasteiger partial charge on any atom is -0.338 e. The molecule has 1 fully saturated rings. The third-order valence-electron chi connectivity index (χ3n) is 5.92. The molecule has 1 saturated heterocycles.